The van der Waals surface area contributed by atoms with Crippen molar-refractivity contribution in [2.75, 3.05) is 13.2 Å². The third-order valence-electron chi connectivity index (χ3n) is 2.97. The Morgan fingerprint density at radius 3 is 2.68 bits per heavy atom. The average molecular weight is 281 g/mol. The fraction of sp³-hybridized carbons (Fsp3) is 0.385. The minimum Gasteiger partial charge on any atom is -0.395 e. The van der Waals surface area contributed by atoms with Crippen LogP contribution >= 0.6 is 11.6 Å². The van der Waals surface area contributed by atoms with Gasteiger partial charge in [0, 0.05) is 11.6 Å². The Hall–Kier alpha value is -1.43. The number of nitrogens with one attached hydrogen (secondary N) is 1. The molecule has 0 aliphatic heterocycles. The summed E-state index contributed by atoms with van der Waals surface area (Å²) in [6.45, 7) is 4.61. The van der Waals surface area contributed by atoms with Crippen LogP contribution < -0.4 is 5.32 Å². The largest absolute Gasteiger partial charge is 0.395 e. The highest BCUT2D eigenvalue weighted by atomic mass is 35.5. The van der Waals surface area contributed by atoms with Gasteiger partial charge in [-0.25, -0.2) is 4.68 Å². The Kier molecular flexibility index (Phi) is 4.52. The number of benzene rings is 1. The summed E-state index contributed by atoms with van der Waals surface area (Å²) in [4.78, 5) is 0. The lowest BCUT2D eigenvalue weighted by Gasteiger charge is -2.11. The summed E-state index contributed by atoms with van der Waals surface area (Å²) in [6, 6.07) is 7.50. The third-order valence-corrected chi connectivity index (χ3v) is 3.23. The van der Waals surface area contributed by atoms with Crippen molar-refractivity contribution < 1.29 is 5.11 Å². The highest BCUT2D eigenvalue weighted by molar-refractivity contribution is 6.30. The van der Waals surface area contributed by atoms with Crippen LogP contribution in [0.4, 0.5) is 0 Å². The Labute approximate surface area is 117 Å². The van der Waals surface area contributed by atoms with Crippen molar-refractivity contribution in [1.82, 2.24) is 20.3 Å². The van der Waals surface area contributed by atoms with E-state index >= 15 is 0 Å². The SMILES string of the molecule is Cc1c(C(C)NCCO)nnn1-c1ccc(Cl)cc1. The maximum Gasteiger partial charge on any atom is 0.103 e. The number of aliphatic hydroxyl groups excluding tert-OH is 1. The van der Waals surface area contributed by atoms with Crippen molar-refractivity contribution in [3.05, 3.63) is 40.7 Å². The molecular formula is C13H17ClN4O. The minimum atomic E-state index is 0.0493. The van der Waals surface area contributed by atoms with E-state index in [0.29, 0.717) is 11.6 Å². The van der Waals surface area contributed by atoms with Crippen LogP contribution in [-0.2, 0) is 0 Å². The second-order valence-electron chi connectivity index (χ2n) is 4.35. The van der Waals surface area contributed by atoms with E-state index in [0.717, 1.165) is 17.1 Å². The van der Waals surface area contributed by atoms with Crippen LogP contribution in [0.5, 0.6) is 0 Å². The molecule has 1 aromatic heterocycles. The first-order valence-electron chi connectivity index (χ1n) is 6.16. The predicted molar refractivity (Wildman–Crippen MR) is 74.6 cm³/mol. The summed E-state index contributed by atoms with van der Waals surface area (Å²) in [6.07, 6.45) is 0. The molecule has 0 saturated heterocycles. The lowest BCUT2D eigenvalue weighted by atomic mass is 10.2. The molecule has 0 fully saturated rings. The first-order chi connectivity index (χ1) is 9.13. The molecule has 0 saturated carbocycles. The van der Waals surface area contributed by atoms with E-state index in [2.05, 4.69) is 15.6 Å². The van der Waals surface area contributed by atoms with Crippen molar-refractivity contribution in [1.29, 1.82) is 0 Å². The second kappa shape index (κ2) is 6.14. The molecule has 1 unspecified atom stereocenters. The topological polar surface area (TPSA) is 63.0 Å². The summed E-state index contributed by atoms with van der Waals surface area (Å²) in [5.74, 6) is 0. The molecule has 5 nitrogen and oxygen atoms in total. The zero-order valence-corrected chi connectivity index (χ0v) is 11.7. The van der Waals surface area contributed by atoms with E-state index in [-0.39, 0.29) is 12.6 Å². The Morgan fingerprint density at radius 1 is 1.37 bits per heavy atom. The average Bonchev–Trinajstić information content (AvgIpc) is 2.79. The standard InChI is InChI=1S/C13H17ClN4O/c1-9(15-7-8-19)13-10(2)18(17-16-13)12-5-3-11(14)4-6-12/h3-6,9,15,19H,7-8H2,1-2H3. The maximum absolute atomic E-state index is 8.82. The summed E-state index contributed by atoms with van der Waals surface area (Å²) in [5, 5.41) is 21.1. The maximum atomic E-state index is 8.82. The Morgan fingerprint density at radius 2 is 2.05 bits per heavy atom. The van der Waals surface area contributed by atoms with Gasteiger partial charge in [0.15, 0.2) is 0 Å². The molecule has 0 radical (unpaired) electrons. The smallest absolute Gasteiger partial charge is 0.103 e. The number of nitrogens with zero attached hydrogens (tertiary/aromatic N) is 3. The quantitative estimate of drug-likeness (QED) is 0.878. The van der Waals surface area contributed by atoms with Crippen LogP contribution in [0, 0.1) is 6.92 Å². The fourth-order valence-electron chi connectivity index (χ4n) is 1.95. The highest BCUT2D eigenvalue weighted by Crippen LogP contribution is 2.19. The molecule has 6 heteroatoms. The van der Waals surface area contributed by atoms with Crippen molar-refractivity contribution in [2.24, 2.45) is 0 Å². The van der Waals surface area contributed by atoms with Crippen molar-refractivity contribution in [3.63, 3.8) is 0 Å². The molecule has 0 amide bonds. The zero-order valence-electron chi connectivity index (χ0n) is 11.0. The number of rotatable bonds is 5. The first kappa shape index (κ1) is 14.0. The highest BCUT2D eigenvalue weighted by Gasteiger charge is 2.15. The molecular weight excluding hydrogens is 264 g/mol. The lowest BCUT2D eigenvalue weighted by Crippen LogP contribution is -2.23. The number of halogens is 1. The van der Waals surface area contributed by atoms with Gasteiger partial charge in [-0.1, -0.05) is 16.8 Å². The molecule has 2 aromatic rings. The number of hydrogen-bond donors (Lipinski definition) is 2. The number of hydrogen-bond acceptors (Lipinski definition) is 4. The van der Waals surface area contributed by atoms with Gasteiger partial charge in [-0.2, -0.15) is 0 Å². The first-order valence-corrected chi connectivity index (χ1v) is 6.53. The van der Waals surface area contributed by atoms with E-state index in [1.54, 1.807) is 4.68 Å². The molecule has 1 atom stereocenters. The van der Waals surface area contributed by atoms with Crippen molar-refractivity contribution in [2.45, 2.75) is 19.9 Å². The van der Waals surface area contributed by atoms with Crippen LogP contribution in [0.3, 0.4) is 0 Å². The van der Waals surface area contributed by atoms with E-state index in [4.69, 9.17) is 16.7 Å². The molecule has 1 aromatic carbocycles. The van der Waals surface area contributed by atoms with Crippen molar-refractivity contribution >= 4 is 11.6 Å². The van der Waals surface area contributed by atoms with Gasteiger partial charge in [0.2, 0.25) is 0 Å². The second-order valence-corrected chi connectivity index (χ2v) is 4.78. The van der Waals surface area contributed by atoms with Gasteiger partial charge in [0.05, 0.1) is 24.0 Å². The molecule has 102 valence electrons. The van der Waals surface area contributed by atoms with Gasteiger partial charge in [0.1, 0.15) is 5.69 Å². The molecule has 19 heavy (non-hydrogen) atoms. The number of aromatic nitrogens is 3. The van der Waals surface area contributed by atoms with E-state index in [1.807, 2.05) is 38.1 Å². The normalized spacial score (nSPS) is 12.6. The molecule has 1 heterocycles. The molecule has 0 spiro atoms. The third kappa shape index (κ3) is 3.12. The van der Waals surface area contributed by atoms with Gasteiger partial charge >= 0.3 is 0 Å². The summed E-state index contributed by atoms with van der Waals surface area (Å²) in [5.41, 5.74) is 2.78. The lowest BCUT2D eigenvalue weighted by molar-refractivity contribution is 0.285. The fourth-order valence-corrected chi connectivity index (χ4v) is 2.07. The Bertz CT molecular complexity index is 538. The van der Waals surface area contributed by atoms with E-state index < -0.39 is 0 Å². The molecule has 0 bridgehead atoms. The van der Waals surface area contributed by atoms with Gasteiger partial charge in [-0.15, -0.1) is 5.10 Å². The van der Waals surface area contributed by atoms with Gasteiger partial charge < -0.3 is 10.4 Å². The number of aliphatic hydroxyl groups is 1. The molecule has 2 N–H and O–H groups in total. The minimum absolute atomic E-state index is 0.0493. The zero-order chi connectivity index (χ0) is 13.8. The summed E-state index contributed by atoms with van der Waals surface area (Å²) < 4.78 is 1.78. The van der Waals surface area contributed by atoms with Crippen molar-refractivity contribution in [3.8, 4) is 5.69 Å². The van der Waals surface area contributed by atoms with Gasteiger partial charge in [-0.3, -0.25) is 0 Å². The summed E-state index contributed by atoms with van der Waals surface area (Å²) in [7, 11) is 0. The van der Waals surface area contributed by atoms with Crippen LogP contribution in [0.15, 0.2) is 24.3 Å². The van der Waals surface area contributed by atoms with E-state index in [9.17, 15) is 0 Å². The van der Waals surface area contributed by atoms with Crippen LogP contribution in [0.2, 0.25) is 5.02 Å². The van der Waals surface area contributed by atoms with Crippen LogP contribution in [0.1, 0.15) is 24.4 Å². The Balaban J connectivity index is 2.25. The van der Waals surface area contributed by atoms with Crippen LogP contribution in [-0.4, -0.2) is 33.3 Å². The molecule has 0 aliphatic carbocycles. The van der Waals surface area contributed by atoms with Gasteiger partial charge in [-0.05, 0) is 38.1 Å². The summed E-state index contributed by atoms with van der Waals surface area (Å²) >= 11 is 5.87. The monoisotopic (exact) mass is 280 g/mol. The van der Waals surface area contributed by atoms with Crippen LogP contribution in [0.25, 0.3) is 5.69 Å². The molecule has 0 aliphatic rings. The van der Waals surface area contributed by atoms with Gasteiger partial charge in [0.25, 0.3) is 0 Å². The molecule has 2 rings (SSSR count). The van der Waals surface area contributed by atoms with E-state index in [1.165, 1.54) is 0 Å². The predicted octanol–water partition coefficient (Wildman–Crippen LogP) is 1.87.